The number of halogens is 2. The van der Waals surface area contributed by atoms with E-state index in [-0.39, 0.29) is 23.0 Å². The Labute approximate surface area is 158 Å². The third-order valence-electron chi connectivity index (χ3n) is 3.49. The number of carbonyl (C=O) groups excluding carboxylic acids is 2. The van der Waals surface area contributed by atoms with E-state index in [1.165, 1.54) is 18.2 Å². The highest BCUT2D eigenvalue weighted by atomic mass is 35.5. The number of hydrogen-bond acceptors (Lipinski definition) is 4. The standard InChI is InChI=1S/C19H14ClFN2O4/c20-14-7-4-8-15(21)17(14)19(25)23-22-18(24)16-10-9-13(27-16)11-26-12-5-2-1-3-6-12/h1-10H,11H2,(H,22,24)(H,23,25). The molecule has 3 aromatic rings. The van der Waals surface area contributed by atoms with Crippen LogP contribution in [0.5, 0.6) is 5.75 Å². The Bertz CT molecular complexity index is 939. The quantitative estimate of drug-likeness (QED) is 0.653. The number of ether oxygens (including phenoxy) is 1. The molecular formula is C19H14ClFN2O4. The number of furan rings is 1. The minimum absolute atomic E-state index is 0.0402. The molecule has 0 saturated heterocycles. The number of nitrogens with one attached hydrogen (secondary N) is 2. The third-order valence-corrected chi connectivity index (χ3v) is 3.80. The van der Waals surface area contributed by atoms with Gasteiger partial charge in [0.15, 0.2) is 5.76 Å². The monoisotopic (exact) mass is 388 g/mol. The van der Waals surface area contributed by atoms with E-state index in [4.69, 9.17) is 20.8 Å². The van der Waals surface area contributed by atoms with Crippen LogP contribution < -0.4 is 15.6 Å². The van der Waals surface area contributed by atoms with Crippen molar-refractivity contribution >= 4 is 23.4 Å². The van der Waals surface area contributed by atoms with Gasteiger partial charge in [-0.25, -0.2) is 4.39 Å². The normalized spacial score (nSPS) is 10.3. The van der Waals surface area contributed by atoms with Gasteiger partial charge in [0.1, 0.15) is 23.9 Å². The lowest BCUT2D eigenvalue weighted by molar-refractivity contribution is 0.0826. The summed E-state index contributed by atoms with van der Waals surface area (Å²) < 4.78 is 24.6. The van der Waals surface area contributed by atoms with Crippen LogP contribution in [0.4, 0.5) is 4.39 Å². The van der Waals surface area contributed by atoms with Gasteiger partial charge < -0.3 is 9.15 Å². The molecule has 0 unspecified atom stereocenters. The fourth-order valence-electron chi connectivity index (χ4n) is 2.20. The second kappa shape index (κ2) is 8.37. The van der Waals surface area contributed by atoms with Crippen molar-refractivity contribution in [3.63, 3.8) is 0 Å². The molecule has 0 spiro atoms. The average molecular weight is 389 g/mol. The number of hydrogen-bond donors (Lipinski definition) is 2. The molecular weight excluding hydrogens is 375 g/mol. The van der Waals surface area contributed by atoms with Crippen LogP contribution >= 0.6 is 11.6 Å². The highest BCUT2D eigenvalue weighted by Crippen LogP contribution is 2.18. The van der Waals surface area contributed by atoms with Gasteiger partial charge in [-0.2, -0.15) is 0 Å². The second-order valence-corrected chi connectivity index (χ2v) is 5.78. The van der Waals surface area contributed by atoms with Crippen LogP contribution in [0.1, 0.15) is 26.7 Å². The summed E-state index contributed by atoms with van der Waals surface area (Å²) in [7, 11) is 0. The van der Waals surface area contributed by atoms with E-state index >= 15 is 0 Å². The van der Waals surface area contributed by atoms with E-state index in [2.05, 4.69) is 10.9 Å². The number of benzene rings is 2. The summed E-state index contributed by atoms with van der Waals surface area (Å²) >= 11 is 5.80. The van der Waals surface area contributed by atoms with Gasteiger partial charge in [-0.1, -0.05) is 35.9 Å². The van der Waals surface area contributed by atoms with Crippen LogP contribution in [-0.2, 0) is 6.61 Å². The van der Waals surface area contributed by atoms with Crippen LogP contribution in [-0.4, -0.2) is 11.8 Å². The van der Waals surface area contributed by atoms with Gasteiger partial charge >= 0.3 is 5.91 Å². The molecule has 1 heterocycles. The lowest BCUT2D eigenvalue weighted by Gasteiger charge is -2.08. The van der Waals surface area contributed by atoms with Crippen LogP contribution in [0, 0.1) is 5.82 Å². The van der Waals surface area contributed by atoms with Gasteiger partial charge in [0.05, 0.1) is 10.6 Å². The highest BCUT2D eigenvalue weighted by molar-refractivity contribution is 6.33. The minimum atomic E-state index is -0.884. The van der Waals surface area contributed by atoms with Crippen LogP contribution in [0.25, 0.3) is 0 Å². The minimum Gasteiger partial charge on any atom is -0.486 e. The molecule has 6 nitrogen and oxygen atoms in total. The Morgan fingerprint density at radius 2 is 1.70 bits per heavy atom. The molecule has 0 aliphatic heterocycles. The van der Waals surface area contributed by atoms with Crippen LogP contribution in [0.15, 0.2) is 65.1 Å². The number of para-hydroxylation sites is 1. The second-order valence-electron chi connectivity index (χ2n) is 5.37. The number of amides is 2. The van der Waals surface area contributed by atoms with E-state index in [0.29, 0.717) is 11.5 Å². The maximum Gasteiger partial charge on any atom is 0.305 e. The summed E-state index contributed by atoms with van der Waals surface area (Å²) in [5.41, 5.74) is 3.87. The predicted molar refractivity (Wildman–Crippen MR) is 95.8 cm³/mol. The van der Waals surface area contributed by atoms with Gasteiger partial charge in [-0.05, 0) is 36.4 Å². The topological polar surface area (TPSA) is 80.6 Å². The molecule has 27 heavy (non-hydrogen) atoms. The smallest absolute Gasteiger partial charge is 0.305 e. The van der Waals surface area contributed by atoms with Crippen molar-refractivity contribution in [2.45, 2.75) is 6.61 Å². The van der Waals surface area contributed by atoms with Crippen molar-refractivity contribution in [2.75, 3.05) is 0 Å². The van der Waals surface area contributed by atoms with Crippen molar-refractivity contribution < 1.29 is 23.1 Å². The van der Waals surface area contributed by atoms with Crippen molar-refractivity contribution in [1.29, 1.82) is 0 Å². The van der Waals surface area contributed by atoms with Crippen molar-refractivity contribution in [3.8, 4) is 5.75 Å². The van der Waals surface area contributed by atoms with Gasteiger partial charge in [0.2, 0.25) is 0 Å². The molecule has 3 rings (SSSR count). The lowest BCUT2D eigenvalue weighted by atomic mass is 10.2. The molecule has 0 radical (unpaired) electrons. The van der Waals surface area contributed by atoms with E-state index in [1.54, 1.807) is 18.2 Å². The first-order chi connectivity index (χ1) is 13.0. The first kappa shape index (κ1) is 18.5. The Kier molecular flexibility index (Phi) is 5.73. The molecule has 0 bridgehead atoms. The Hall–Kier alpha value is -3.32. The molecule has 1 aromatic heterocycles. The number of hydrazine groups is 1. The van der Waals surface area contributed by atoms with E-state index in [1.807, 2.05) is 18.2 Å². The van der Waals surface area contributed by atoms with E-state index in [0.717, 1.165) is 6.07 Å². The summed E-state index contributed by atoms with van der Waals surface area (Å²) in [5.74, 6) is -1.34. The summed E-state index contributed by atoms with van der Waals surface area (Å²) in [6.07, 6.45) is 0. The SMILES string of the molecule is O=C(NNC(=O)c1c(F)cccc1Cl)c1ccc(COc2ccccc2)o1. The maximum atomic E-state index is 13.7. The van der Waals surface area contributed by atoms with Crippen molar-refractivity contribution in [2.24, 2.45) is 0 Å². The van der Waals surface area contributed by atoms with Gasteiger partial charge in [-0.15, -0.1) is 0 Å². The predicted octanol–water partition coefficient (Wildman–Crippen LogP) is 3.73. The molecule has 138 valence electrons. The first-order valence-corrected chi connectivity index (χ1v) is 8.23. The molecule has 0 aliphatic rings. The van der Waals surface area contributed by atoms with Gasteiger partial charge in [0.25, 0.3) is 5.91 Å². The Morgan fingerprint density at radius 3 is 2.44 bits per heavy atom. The number of rotatable bonds is 5. The van der Waals surface area contributed by atoms with Crippen molar-refractivity contribution in [1.82, 2.24) is 10.9 Å². The Morgan fingerprint density at radius 1 is 0.963 bits per heavy atom. The molecule has 0 atom stereocenters. The largest absolute Gasteiger partial charge is 0.486 e. The first-order valence-electron chi connectivity index (χ1n) is 7.86. The van der Waals surface area contributed by atoms with Crippen LogP contribution in [0.3, 0.4) is 0 Å². The van der Waals surface area contributed by atoms with Crippen LogP contribution in [0.2, 0.25) is 5.02 Å². The molecule has 2 amide bonds. The number of carbonyl (C=O) groups is 2. The maximum absolute atomic E-state index is 13.7. The molecule has 0 saturated carbocycles. The fraction of sp³-hybridized carbons (Fsp3) is 0.0526. The molecule has 8 heteroatoms. The van der Waals surface area contributed by atoms with E-state index in [9.17, 15) is 14.0 Å². The van der Waals surface area contributed by atoms with Gasteiger partial charge in [0, 0.05) is 0 Å². The highest BCUT2D eigenvalue weighted by Gasteiger charge is 2.18. The summed E-state index contributed by atoms with van der Waals surface area (Å²) in [5, 5.41) is -0.0694. The zero-order valence-electron chi connectivity index (χ0n) is 13.9. The van der Waals surface area contributed by atoms with E-state index < -0.39 is 17.6 Å². The van der Waals surface area contributed by atoms with Crippen molar-refractivity contribution in [3.05, 3.63) is 88.6 Å². The zero-order chi connectivity index (χ0) is 19.2. The summed E-state index contributed by atoms with van der Waals surface area (Å²) in [4.78, 5) is 24.0. The molecule has 2 aromatic carbocycles. The molecule has 2 N–H and O–H groups in total. The lowest BCUT2D eigenvalue weighted by Crippen LogP contribution is -2.41. The molecule has 0 aliphatic carbocycles. The summed E-state index contributed by atoms with van der Waals surface area (Å²) in [6, 6.07) is 16.0. The molecule has 0 fully saturated rings. The Balaban J connectivity index is 1.56. The summed E-state index contributed by atoms with van der Waals surface area (Å²) in [6.45, 7) is 0.133. The zero-order valence-corrected chi connectivity index (χ0v) is 14.6. The van der Waals surface area contributed by atoms with Gasteiger partial charge in [-0.3, -0.25) is 20.4 Å². The third kappa shape index (κ3) is 4.65. The fourth-order valence-corrected chi connectivity index (χ4v) is 2.45. The average Bonchev–Trinajstić information content (AvgIpc) is 3.14.